The molecule has 0 aliphatic heterocycles. The van der Waals surface area contributed by atoms with Crippen molar-refractivity contribution in [2.75, 3.05) is 11.9 Å². The van der Waals surface area contributed by atoms with E-state index in [1.807, 2.05) is 6.92 Å². The van der Waals surface area contributed by atoms with Crippen molar-refractivity contribution in [2.45, 2.75) is 32.0 Å². The van der Waals surface area contributed by atoms with E-state index in [-0.39, 0.29) is 11.6 Å². The second-order valence-electron chi connectivity index (χ2n) is 4.40. The summed E-state index contributed by atoms with van der Waals surface area (Å²) in [5, 5.41) is 12.6. The lowest BCUT2D eigenvalue weighted by molar-refractivity contribution is -0.137. The molecule has 0 spiro atoms. The predicted molar refractivity (Wildman–Crippen MR) is 65.9 cm³/mol. The molecule has 0 aliphatic rings. The third-order valence-corrected chi connectivity index (χ3v) is 3.03. The molecule has 0 aliphatic carbocycles. The fourth-order valence-electron chi connectivity index (χ4n) is 1.25. The molecule has 6 heteroatoms. The number of anilines is 1. The van der Waals surface area contributed by atoms with Gasteiger partial charge in [0.25, 0.3) is 0 Å². The summed E-state index contributed by atoms with van der Waals surface area (Å²) in [5.41, 5.74) is -1.34. The number of benzene rings is 1. The van der Waals surface area contributed by atoms with E-state index < -0.39 is 17.3 Å². The molecule has 18 heavy (non-hydrogen) atoms. The molecule has 0 saturated heterocycles. The Morgan fingerprint density at radius 1 is 1.33 bits per heavy atom. The molecular weight excluding hydrogens is 267 g/mol. The van der Waals surface area contributed by atoms with Crippen molar-refractivity contribution in [3.8, 4) is 0 Å². The van der Waals surface area contributed by atoms with Crippen LogP contribution in [0.1, 0.15) is 25.8 Å². The standard InChI is InChI=1S/C12H15ClF3NO/c1-3-11(2,18)7-17-10-5-4-8(6-9(10)13)12(14,15)16/h4-6,17-18H,3,7H2,1-2H3. The second-order valence-corrected chi connectivity index (χ2v) is 4.80. The van der Waals surface area contributed by atoms with Crippen LogP contribution in [0.3, 0.4) is 0 Å². The summed E-state index contributed by atoms with van der Waals surface area (Å²) >= 11 is 5.76. The van der Waals surface area contributed by atoms with Gasteiger partial charge >= 0.3 is 6.18 Å². The van der Waals surface area contributed by atoms with Crippen LogP contribution in [0.2, 0.25) is 5.02 Å². The lowest BCUT2D eigenvalue weighted by atomic mass is 10.0. The molecule has 2 nitrogen and oxygen atoms in total. The maximum absolute atomic E-state index is 12.4. The summed E-state index contributed by atoms with van der Waals surface area (Å²) in [7, 11) is 0. The highest BCUT2D eigenvalue weighted by Crippen LogP contribution is 2.33. The summed E-state index contributed by atoms with van der Waals surface area (Å²) < 4.78 is 37.2. The molecule has 0 fully saturated rings. The predicted octanol–water partition coefficient (Wildman–Crippen LogP) is 3.93. The van der Waals surface area contributed by atoms with Crippen LogP contribution in [0.15, 0.2) is 18.2 Å². The minimum absolute atomic E-state index is 0.0169. The van der Waals surface area contributed by atoms with Gasteiger partial charge in [-0.05, 0) is 31.5 Å². The third kappa shape index (κ3) is 4.07. The monoisotopic (exact) mass is 281 g/mol. The quantitative estimate of drug-likeness (QED) is 0.876. The first-order valence-electron chi connectivity index (χ1n) is 5.49. The van der Waals surface area contributed by atoms with Gasteiger partial charge in [-0.3, -0.25) is 0 Å². The molecule has 0 amide bonds. The van der Waals surface area contributed by atoms with Crippen molar-refractivity contribution in [1.82, 2.24) is 0 Å². The summed E-state index contributed by atoms with van der Waals surface area (Å²) in [5.74, 6) is 0. The smallest absolute Gasteiger partial charge is 0.388 e. The molecule has 1 aromatic carbocycles. The Hall–Kier alpha value is -0.940. The van der Waals surface area contributed by atoms with Crippen LogP contribution in [-0.2, 0) is 6.18 Å². The number of nitrogens with one attached hydrogen (secondary N) is 1. The van der Waals surface area contributed by atoms with Crippen molar-refractivity contribution in [2.24, 2.45) is 0 Å². The Bertz CT molecular complexity index is 418. The average Bonchev–Trinajstić information content (AvgIpc) is 2.26. The average molecular weight is 282 g/mol. The molecule has 0 heterocycles. The summed E-state index contributed by atoms with van der Waals surface area (Å²) in [6.45, 7) is 3.67. The third-order valence-electron chi connectivity index (χ3n) is 2.72. The highest BCUT2D eigenvalue weighted by atomic mass is 35.5. The Balaban J connectivity index is 2.81. The van der Waals surface area contributed by atoms with Gasteiger partial charge in [0.1, 0.15) is 0 Å². The Kier molecular flexibility index (Phi) is 4.50. The zero-order chi connectivity index (χ0) is 14.0. The number of rotatable bonds is 4. The minimum Gasteiger partial charge on any atom is -0.388 e. The molecule has 1 rings (SSSR count). The topological polar surface area (TPSA) is 32.3 Å². The molecule has 1 unspecified atom stereocenters. The molecule has 0 aromatic heterocycles. The number of hydrogen-bond donors (Lipinski definition) is 2. The van der Waals surface area contributed by atoms with E-state index in [0.29, 0.717) is 12.1 Å². The van der Waals surface area contributed by atoms with Gasteiger partial charge in [-0.2, -0.15) is 13.2 Å². The van der Waals surface area contributed by atoms with E-state index >= 15 is 0 Å². The fraction of sp³-hybridized carbons (Fsp3) is 0.500. The van der Waals surface area contributed by atoms with Crippen LogP contribution < -0.4 is 5.32 Å². The fourth-order valence-corrected chi connectivity index (χ4v) is 1.49. The number of halogens is 4. The minimum atomic E-state index is -4.41. The Morgan fingerprint density at radius 2 is 1.94 bits per heavy atom. The van der Waals surface area contributed by atoms with Crippen LogP contribution in [0, 0.1) is 0 Å². The van der Waals surface area contributed by atoms with Gasteiger partial charge in [-0.25, -0.2) is 0 Å². The van der Waals surface area contributed by atoms with E-state index in [1.165, 1.54) is 6.07 Å². The molecule has 0 radical (unpaired) electrons. The molecule has 102 valence electrons. The van der Waals surface area contributed by atoms with Gasteiger partial charge in [0, 0.05) is 6.54 Å². The molecule has 1 atom stereocenters. The first kappa shape index (κ1) is 15.1. The SMILES string of the molecule is CCC(C)(O)CNc1ccc(C(F)(F)F)cc1Cl. The van der Waals surface area contributed by atoms with Crippen LogP contribution >= 0.6 is 11.6 Å². The molecule has 2 N–H and O–H groups in total. The van der Waals surface area contributed by atoms with Crippen molar-refractivity contribution in [1.29, 1.82) is 0 Å². The van der Waals surface area contributed by atoms with Gasteiger partial charge in [-0.15, -0.1) is 0 Å². The van der Waals surface area contributed by atoms with Gasteiger partial charge in [0.2, 0.25) is 0 Å². The maximum Gasteiger partial charge on any atom is 0.416 e. The molecule has 0 bridgehead atoms. The van der Waals surface area contributed by atoms with Gasteiger partial charge in [-0.1, -0.05) is 18.5 Å². The molecule has 1 aromatic rings. The molecular formula is C12H15ClF3NO. The van der Waals surface area contributed by atoms with E-state index in [4.69, 9.17) is 11.6 Å². The molecule has 0 saturated carbocycles. The van der Waals surface area contributed by atoms with Crippen LogP contribution in [0.5, 0.6) is 0 Å². The van der Waals surface area contributed by atoms with E-state index in [0.717, 1.165) is 12.1 Å². The van der Waals surface area contributed by atoms with Crippen molar-refractivity contribution < 1.29 is 18.3 Å². The Labute approximate surface area is 109 Å². The lowest BCUT2D eigenvalue weighted by Gasteiger charge is -2.22. The first-order chi connectivity index (χ1) is 8.15. The normalized spacial score (nSPS) is 15.3. The van der Waals surface area contributed by atoms with Crippen molar-refractivity contribution in [3.05, 3.63) is 28.8 Å². The highest BCUT2D eigenvalue weighted by Gasteiger charge is 2.31. The summed E-state index contributed by atoms with van der Waals surface area (Å²) in [6, 6.07) is 3.08. The van der Waals surface area contributed by atoms with Gasteiger partial charge < -0.3 is 10.4 Å². The van der Waals surface area contributed by atoms with Crippen molar-refractivity contribution >= 4 is 17.3 Å². The van der Waals surface area contributed by atoms with E-state index in [2.05, 4.69) is 5.32 Å². The van der Waals surface area contributed by atoms with Crippen LogP contribution in [-0.4, -0.2) is 17.3 Å². The summed E-state index contributed by atoms with van der Waals surface area (Å²) in [4.78, 5) is 0. The highest BCUT2D eigenvalue weighted by molar-refractivity contribution is 6.33. The number of alkyl halides is 3. The van der Waals surface area contributed by atoms with E-state index in [1.54, 1.807) is 6.92 Å². The summed E-state index contributed by atoms with van der Waals surface area (Å²) in [6.07, 6.45) is -3.88. The zero-order valence-corrected chi connectivity index (χ0v) is 10.9. The van der Waals surface area contributed by atoms with E-state index in [9.17, 15) is 18.3 Å². The number of hydrogen-bond acceptors (Lipinski definition) is 2. The Morgan fingerprint density at radius 3 is 2.39 bits per heavy atom. The second kappa shape index (κ2) is 5.36. The van der Waals surface area contributed by atoms with Crippen molar-refractivity contribution in [3.63, 3.8) is 0 Å². The zero-order valence-electron chi connectivity index (χ0n) is 10.1. The maximum atomic E-state index is 12.4. The van der Waals surface area contributed by atoms with Gasteiger partial charge in [0.15, 0.2) is 0 Å². The first-order valence-corrected chi connectivity index (χ1v) is 5.86. The van der Waals surface area contributed by atoms with Crippen LogP contribution in [0.25, 0.3) is 0 Å². The largest absolute Gasteiger partial charge is 0.416 e. The lowest BCUT2D eigenvalue weighted by Crippen LogP contribution is -2.32. The van der Waals surface area contributed by atoms with Gasteiger partial charge in [0.05, 0.1) is 21.9 Å². The van der Waals surface area contributed by atoms with Crippen LogP contribution in [0.4, 0.5) is 18.9 Å². The number of aliphatic hydroxyl groups is 1.